The molecule has 0 aromatic rings. The van der Waals surface area contributed by atoms with Gasteiger partial charge in [-0.2, -0.15) is 0 Å². The lowest BCUT2D eigenvalue weighted by Crippen LogP contribution is -2.65. The van der Waals surface area contributed by atoms with Crippen LogP contribution in [0.3, 0.4) is 0 Å². The highest BCUT2D eigenvalue weighted by molar-refractivity contribution is 5.73. The first-order valence-electron chi connectivity index (χ1n) is 8.23. The maximum Gasteiger partial charge on any atom is 0.217 e. The Hall–Kier alpha value is -0.690. The van der Waals surface area contributed by atoms with Gasteiger partial charge >= 0.3 is 0 Å². The van der Waals surface area contributed by atoms with Gasteiger partial charge in [0.15, 0.2) is 0 Å². The van der Waals surface area contributed by atoms with Crippen LogP contribution in [0.5, 0.6) is 0 Å². The third-order valence-electron chi connectivity index (χ3n) is 3.67. The molecule has 136 valence electrons. The van der Waals surface area contributed by atoms with E-state index in [2.05, 4.69) is 26.1 Å². The summed E-state index contributed by atoms with van der Waals surface area (Å²) in [5.74, 6) is -0.228. The molecule has 1 saturated heterocycles. The number of hydrogen-bond donors (Lipinski definition) is 3. The summed E-state index contributed by atoms with van der Waals surface area (Å²) in [6.45, 7) is 13.0. The molecule has 3 unspecified atom stereocenters. The molecule has 0 aliphatic carbocycles. The van der Waals surface area contributed by atoms with Crippen LogP contribution in [0.15, 0.2) is 0 Å². The molecule has 6 heteroatoms. The molecule has 1 rings (SSSR count). The van der Waals surface area contributed by atoms with Crippen LogP contribution in [0.2, 0.25) is 0 Å². The first-order chi connectivity index (χ1) is 10.3. The zero-order chi connectivity index (χ0) is 18.0. The molecule has 1 aliphatic heterocycles. The van der Waals surface area contributed by atoms with E-state index < -0.39 is 30.0 Å². The summed E-state index contributed by atoms with van der Waals surface area (Å²) >= 11 is 0. The number of nitrogens with one attached hydrogen (secondary N) is 1. The van der Waals surface area contributed by atoms with Gasteiger partial charge in [0.2, 0.25) is 5.91 Å². The van der Waals surface area contributed by atoms with Crippen molar-refractivity contribution in [3.8, 4) is 0 Å². The molecule has 0 aromatic carbocycles. The van der Waals surface area contributed by atoms with Gasteiger partial charge in [0, 0.05) is 6.92 Å². The minimum Gasteiger partial charge on any atom is -0.394 e. The third-order valence-corrected chi connectivity index (χ3v) is 3.67. The second kappa shape index (κ2) is 7.47. The molecule has 0 bridgehead atoms. The van der Waals surface area contributed by atoms with Gasteiger partial charge in [0.1, 0.15) is 18.3 Å². The lowest BCUT2D eigenvalue weighted by molar-refractivity contribution is -0.238. The van der Waals surface area contributed by atoms with Crippen LogP contribution >= 0.6 is 0 Å². The average molecular weight is 331 g/mol. The van der Waals surface area contributed by atoms with E-state index in [4.69, 9.17) is 9.47 Å². The molecule has 23 heavy (non-hydrogen) atoms. The van der Waals surface area contributed by atoms with Crippen molar-refractivity contribution in [2.24, 2.45) is 5.41 Å². The topological polar surface area (TPSA) is 88.0 Å². The van der Waals surface area contributed by atoms with Crippen molar-refractivity contribution >= 4 is 5.91 Å². The number of carbonyl (C=O) groups is 1. The Balaban J connectivity index is 3.05. The molecule has 1 aliphatic rings. The van der Waals surface area contributed by atoms with E-state index in [0.717, 1.165) is 0 Å². The Labute approximate surface area is 139 Å². The number of rotatable bonds is 4. The predicted octanol–water partition coefficient (Wildman–Crippen LogP) is 1.23. The number of carbonyl (C=O) groups excluding carboxylic acids is 1. The highest BCUT2D eigenvalue weighted by Gasteiger charge is 2.47. The Kier molecular flexibility index (Phi) is 6.61. The lowest BCUT2D eigenvalue weighted by atomic mass is 9.82. The Morgan fingerprint density at radius 3 is 2.13 bits per heavy atom. The predicted molar refractivity (Wildman–Crippen MR) is 88.1 cm³/mol. The quantitative estimate of drug-likeness (QED) is 0.721. The first kappa shape index (κ1) is 20.4. The zero-order valence-corrected chi connectivity index (χ0v) is 15.4. The molecule has 1 amide bonds. The monoisotopic (exact) mass is 331 g/mol. The van der Waals surface area contributed by atoms with Gasteiger partial charge in [-0.1, -0.05) is 20.8 Å². The average Bonchev–Trinajstić information content (AvgIpc) is 2.33. The van der Waals surface area contributed by atoms with Crippen molar-refractivity contribution in [1.29, 1.82) is 0 Å². The molecular weight excluding hydrogens is 298 g/mol. The summed E-state index contributed by atoms with van der Waals surface area (Å²) in [7, 11) is 0. The molecule has 0 saturated carbocycles. The highest BCUT2D eigenvalue weighted by atomic mass is 16.6. The number of ether oxygens (including phenoxy) is 2. The fraction of sp³-hybridized carbons (Fsp3) is 0.941. The SMILES string of the molecule is CC(=O)N[C@@H]1C(CC(C)(C)C)OC(CO)[C@@H](OC(C)(C)C)C1O. The van der Waals surface area contributed by atoms with E-state index in [0.29, 0.717) is 6.42 Å². The summed E-state index contributed by atoms with van der Waals surface area (Å²) in [6, 6.07) is -0.568. The zero-order valence-electron chi connectivity index (χ0n) is 15.4. The fourth-order valence-corrected chi connectivity index (χ4v) is 2.92. The van der Waals surface area contributed by atoms with Crippen LogP contribution in [0, 0.1) is 5.41 Å². The van der Waals surface area contributed by atoms with Gasteiger partial charge in [-0.3, -0.25) is 4.79 Å². The van der Waals surface area contributed by atoms with Crippen LogP contribution in [-0.4, -0.2) is 58.8 Å². The van der Waals surface area contributed by atoms with E-state index in [1.807, 2.05) is 20.8 Å². The van der Waals surface area contributed by atoms with E-state index in [1.165, 1.54) is 6.92 Å². The van der Waals surface area contributed by atoms with Crippen LogP contribution in [0.4, 0.5) is 0 Å². The van der Waals surface area contributed by atoms with Crippen LogP contribution in [0.25, 0.3) is 0 Å². The minimum atomic E-state index is -0.948. The van der Waals surface area contributed by atoms with Crippen molar-refractivity contribution in [2.45, 2.75) is 90.9 Å². The van der Waals surface area contributed by atoms with Gasteiger partial charge in [-0.05, 0) is 32.6 Å². The van der Waals surface area contributed by atoms with Crippen molar-refractivity contribution < 1.29 is 24.5 Å². The van der Waals surface area contributed by atoms with Crippen molar-refractivity contribution in [3.05, 3.63) is 0 Å². The molecule has 3 N–H and O–H groups in total. The van der Waals surface area contributed by atoms with E-state index in [-0.39, 0.29) is 24.0 Å². The maximum atomic E-state index is 11.5. The molecule has 6 nitrogen and oxygen atoms in total. The minimum absolute atomic E-state index is 0.0428. The van der Waals surface area contributed by atoms with E-state index in [1.54, 1.807) is 0 Å². The number of aliphatic hydroxyl groups excluding tert-OH is 2. The molecule has 1 fully saturated rings. The molecule has 5 atom stereocenters. The summed E-state index contributed by atoms with van der Waals surface area (Å²) in [6.07, 6.45) is -2.01. The smallest absolute Gasteiger partial charge is 0.217 e. The second-order valence-electron chi connectivity index (χ2n) is 8.57. The van der Waals surface area contributed by atoms with Gasteiger partial charge in [0.05, 0.1) is 24.4 Å². The Bertz CT molecular complexity index is 399. The number of hydrogen-bond acceptors (Lipinski definition) is 5. The molecule has 0 spiro atoms. The van der Waals surface area contributed by atoms with Gasteiger partial charge in [-0.25, -0.2) is 0 Å². The number of aliphatic hydroxyl groups is 2. The summed E-state index contributed by atoms with van der Waals surface area (Å²) in [5.41, 5.74) is -0.543. The maximum absolute atomic E-state index is 11.5. The Morgan fingerprint density at radius 1 is 1.17 bits per heavy atom. The molecule has 0 radical (unpaired) electrons. The fourth-order valence-electron chi connectivity index (χ4n) is 2.92. The second-order valence-corrected chi connectivity index (χ2v) is 8.57. The molecule has 1 heterocycles. The van der Waals surface area contributed by atoms with Crippen LogP contribution in [0.1, 0.15) is 54.9 Å². The van der Waals surface area contributed by atoms with Gasteiger partial charge in [0.25, 0.3) is 0 Å². The lowest BCUT2D eigenvalue weighted by Gasteiger charge is -2.47. The standard InChI is InChI=1S/C17H33NO5/c1-10(20)18-13-11(8-16(2,3)4)22-12(9-19)15(14(13)21)23-17(5,6)7/h11-15,19,21H,8-9H2,1-7H3,(H,18,20)/t11?,12?,13-,14?,15-/m1/s1. The van der Waals surface area contributed by atoms with Crippen molar-refractivity contribution in [2.75, 3.05) is 6.61 Å². The number of amides is 1. The van der Waals surface area contributed by atoms with Crippen molar-refractivity contribution in [3.63, 3.8) is 0 Å². The summed E-state index contributed by atoms with van der Waals surface area (Å²) in [5, 5.41) is 23.2. The van der Waals surface area contributed by atoms with E-state index >= 15 is 0 Å². The van der Waals surface area contributed by atoms with Crippen LogP contribution in [-0.2, 0) is 14.3 Å². The third kappa shape index (κ3) is 6.37. The van der Waals surface area contributed by atoms with Gasteiger partial charge < -0.3 is 25.0 Å². The van der Waals surface area contributed by atoms with Gasteiger partial charge in [-0.15, -0.1) is 0 Å². The largest absolute Gasteiger partial charge is 0.394 e. The normalized spacial score (nSPS) is 32.7. The van der Waals surface area contributed by atoms with Crippen molar-refractivity contribution in [1.82, 2.24) is 5.32 Å². The molecular formula is C17H33NO5. The highest BCUT2D eigenvalue weighted by Crippen LogP contribution is 2.33. The van der Waals surface area contributed by atoms with E-state index in [9.17, 15) is 15.0 Å². The first-order valence-corrected chi connectivity index (χ1v) is 8.23. The summed E-state index contributed by atoms with van der Waals surface area (Å²) < 4.78 is 11.9. The van der Waals surface area contributed by atoms with Crippen LogP contribution < -0.4 is 5.32 Å². The Morgan fingerprint density at radius 2 is 1.74 bits per heavy atom. The summed E-state index contributed by atoms with van der Waals surface area (Å²) in [4.78, 5) is 11.5. The molecule has 0 aromatic heterocycles.